The summed E-state index contributed by atoms with van der Waals surface area (Å²) in [6.45, 7) is 3.44. The number of nitrogens with zero attached hydrogens (tertiary/aromatic N) is 1. The van der Waals surface area contributed by atoms with Crippen molar-refractivity contribution in [3.63, 3.8) is 0 Å². The highest BCUT2D eigenvalue weighted by atomic mass is 35.5. The standard InChI is InChI=1S/C21H25ClN2O3/c22-18-5-2-1-4-16(18)15-24-11-9-21(10-12-24)8-7-17(27-21)14-23-20(25)19-6-3-13-26-19/h1-6,13,17H,7-12,14-15H2,(H,23,25)/t17-/m1/s1. The van der Waals surface area contributed by atoms with E-state index in [1.807, 2.05) is 18.2 Å². The second-order valence-electron chi connectivity index (χ2n) is 7.52. The van der Waals surface area contributed by atoms with Gasteiger partial charge in [-0.05, 0) is 49.4 Å². The summed E-state index contributed by atoms with van der Waals surface area (Å²) >= 11 is 6.29. The van der Waals surface area contributed by atoms with Gasteiger partial charge in [-0.15, -0.1) is 0 Å². The van der Waals surface area contributed by atoms with Gasteiger partial charge in [0.2, 0.25) is 0 Å². The summed E-state index contributed by atoms with van der Waals surface area (Å²) in [5.41, 5.74) is 1.15. The maximum Gasteiger partial charge on any atom is 0.287 e. The molecule has 1 atom stereocenters. The van der Waals surface area contributed by atoms with E-state index >= 15 is 0 Å². The van der Waals surface area contributed by atoms with Gasteiger partial charge < -0.3 is 14.5 Å². The second-order valence-corrected chi connectivity index (χ2v) is 7.92. The number of furan rings is 1. The molecule has 2 aromatic rings. The highest BCUT2D eigenvalue weighted by Gasteiger charge is 2.42. The van der Waals surface area contributed by atoms with Crippen LogP contribution >= 0.6 is 11.6 Å². The first-order valence-corrected chi connectivity index (χ1v) is 9.97. The average molecular weight is 389 g/mol. The number of nitrogens with one attached hydrogen (secondary N) is 1. The molecule has 0 aliphatic carbocycles. The third-order valence-electron chi connectivity index (χ3n) is 5.69. The molecule has 2 fully saturated rings. The van der Waals surface area contributed by atoms with Crippen LogP contribution in [0.25, 0.3) is 0 Å². The topological polar surface area (TPSA) is 54.7 Å². The molecule has 4 rings (SSSR count). The van der Waals surface area contributed by atoms with Crippen LogP contribution in [0, 0.1) is 0 Å². The van der Waals surface area contributed by atoms with Crippen LogP contribution in [0.2, 0.25) is 5.02 Å². The SMILES string of the molecule is O=C(NC[C@H]1CCC2(CCN(Cc3ccccc3Cl)CC2)O1)c1ccco1. The lowest BCUT2D eigenvalue weighted by molar-refractivity contribution is -0.0764. The van der Waals surface area contributed by atoms with E-state index in [9.17, 15) is 4.79 Å². The van der Waals surface area contributed by atoms with Crippen LogP contribution in [0.1, 0.15) is 41.8 Å². The molecular formula is C21H25ClN2O3. The fourth-order valence-electron chi connectivity index (χ4n) is 4.09. The minimum atomic E-state index is -0.181. The summed E-state index contributed by atoms with van der Waals surface area (Å²) < 4.78 is 11.5. The van der Waals surface area contributed by atoms with Crippen LogP contribution in [-0.2, 0) is 11.3 Å². The van der Waals surface area contributed by atoms with Crippen molar-refractivity contribution in [1.29, 1.82) is 0 Å². The molecule has 1 spiro atoms. The van der Waals surface area contributed by atoms with Crippen molar-refractivity contribution in [2.75, 3.05) is 19.6 Å². The molecule has 3 heterocycles. The summed E-state index contributed by atoms with van der Waals surface area (Å²) in [7, 11) is 0. The molecule has 2 saturated heterocycles. The van der Waals surface area contributed by atoms with Crippen molar-refractivity contribution < 1.29 is 13.9 Å². The highest BCUT2D eigenvalue weighted by Crippen LogP contribution is 2.39. The Morgan fingerprint density at radius 3 is 2.74 bits per heavy atom. The number of likely N-dealkylation sites (tertiary alicyclic amines) is 1. The van der Waals surface area contributed by atoms with Gasteiger partial charge in [0, 0.05) is 31.2 Å². The average Bonchev–Trinajstić information content (AvgIpc) is 3.35. The number of benzene rings is 1. The largest absolute Gasteiger partial charge is 0.459 e. The minimum Gasteiger partial charge on any atom is -0.459 e. The Hall–Kier alpha value is -1.82. The van der Waals surface area contributed by atoms with Crippen LogP contribution in [0.5, 0.6) is 0 Å². The number of piperidine rings is 1. The zero-order valence-electron chi connectivity index (χ0n) is 15.3. The lowest BCUT2D eigenvalue weighted by atomic mass is 9.88. The van der Waals surface area contributed by atoms with Gasteiger partial charge in [-0.2, -0.15) is 0 Å². The maximum absolute atomic E-state index is 12.0. The van der Waals surface area contributed by atoms with Gasteiger partial charge in [-0.3, -0.25) is 9.69 Å². The fraction of sp³-hybridized carbons (Fsp3) is 0.476. The number of ether oxygens (including phenoxy) is 1. The molecule has 27 heavy (non-hydrogen) atoms. The van der Waals surface area contributed by atoms with Gasteiger partial charge >= 0.3 is 0 Å². The Bertz CT molecular complexity index is 769. The monoisotopic (exact) mass is 388 g/mol. The summed E-state index contributed by atoms with van der Waals surface area (Å²) in [5.74, 6) is 0.162. The number of carbonyl (C=O) groups excluding carboxylic acids is 1. The molecule has 6 heteroatoms. The lowest BCUT2D eigenvalue weighted by Crippen LogP contribution is -2.44. The zero-order valence-corrected chi connectivity index (χ0v) is 16.1. The van der Waals surface area contributed by atoms with Crippen molar-refractivity contribution >= 4 is 17.5 Å². The van der Waals surface area contributed by atoms with Crippen LogP contribution in [0.3, 0.4) is 0 Å². The summed E-state index contributed by atoms with van der Waals surface area (Å²) in [6.07, 6.45) is 5.70. The molecule has 1 N–H and O–H groups in total. The Morgan fingerprint density at radius 1 is 1.19 bits per heavy atom. The lowest BCUT2D eigenvalue weighted by Gasteiger charge is -2.39. The number of amides is 1. The molecule has 0 saturated carbocycles. The third kappa shape index (κ3) is 4.37. The highest BCUT2D eigenvalue weighted by molar-refractivity contribution is 6.31. The quantitative estimate of drug-likeness (QED) is 0.844. The van der Waals surface area contributed by atoms with E-state index in [1.54, 1.807) is 12.1 Å². The maximum atomic E-state index is 12.0. The predicted molar refractivity (Wildman–Crippen MR) is 104 cm³/mol. The smallest absolute Gasteiger partial charge is 0.287 e. The van der Waals surface area contributed by atoms with Gasteiger partial charge in [0.05, 0.1) is 18.0 Å². The van der Waals surface area contributed by atoms with Gasteiger partial charge in [-0.25, -0.2) is 0 Å². The second kappa shape index (κ2) is 8.05. The Kier molecular flexibility index (Phi) is 5.53. The van der Waals surface area contributed by atoms with Crippen molar-refractivity contribution in [2.24, 2.45) is 0 Å². The number of hydrogen-bond donors (Lipinski definition) is 1. The van der Waals surface area contributed by atoms with Crippen LogP contribution in [0.15, 0.2) is 47.1 Å². The van der Waals surface area contributed by atoms with E-state index in [-0.39, 0.29) is 17.6 Å². The number of rotatable bonds is 5. The van der Waals surface area contributed by atoms with E-state index in [0.29, 0.717) is 12.3 Å². The molecular weight excluding hydrogens is 364 g/mol. The first-order chi connectivity index (χ1) is 13.1. The molecule has 2 aliphatic heterocycles. The van der Waals surface area contributed by atoms with Crippen molar-refractivity contribution in [3.8, 4) is 0 Å². The Balaban J connectivity index is 1.24. The Morgan fingerprint density at radius 2 is 2.00 bits per heavy atom. The number of hydrogen-bond acceptors (Lipinski definition) is 4. The van der Waals surface area contributed by atoms with E-state index in [2.05, 4.69) is 16.3 Å². The summed E-state index contributed by atoms with van der Waals surface area (Å²) in [6, 6.07) is 11.4. The Labute approximate surface area is 164 Å². The predicted octanol–water partition coefficient (Wildman–Crippen LogP) is 3.88. The minimum absolute atomic E-state index is 0.0307. The number of carbonyl (C=O) groups is 1. The summed E-state index contributed by atoms with van der Waals surface area (Å²) in [5, 5.41) is 3.75. The normalized spacial score (nSPS) is 22.2. The summed E-state index contributed by atoms with van der Waals surface area (Å²) in [4.78, 5) is 14.4. The van der Waals surface area contributed by atoms with Crippen LogP contribution < -0.4 is 5.32 Å². The van der Waals surface area contributed by atoms with Gasteiger partial charge in [0.25, 0.3) is 5.91 Å². The van der Waals surface area contributed by atoms with Gasteiger partial charge in [0.15, 0.2) is 5.76 Å². The third-order valence-corrected chi connectivity index (χ3v) is 6.06. The molecule has 1 aromatic heterocycles. The first kappa shape index (κ1) is 18.5. The molecule has 0 radical (unpaired) electrons. The van der Waals surface area contributed by atoms with E-state index < -0.39 is 0 Å². The molecule has 1 amide bonds. The molecule has 144 valence electrons. The molecule has 0 unspecified atom stereocenters. The first-order valence-electron chi connectivity index (χ1n) is 9.59. The van der Waals surface area contributed by atoms with Gasteiger partial charge in [-0.1, -0.05) is 29.8 Å². The van der Waals surface area contributed by atoms with Crippen LogP contribution in [-0.4, -0.2) is 42.1 Å². The molecule has 0 bridgehead atoms. The molecule has 1 aromatic carbocycles. The zero-order chi connectivity index (χ0) is 18.7. The van der Waals surface area contributed by atoms with Crippen molar-refractivity contribution in [3.05, 3.63) is 59.0 Å². The van der Waals surface area contributed by atoms with Crippen LogP contribution in [0.4, 0.5) is 0 Å². The van der Waals surface area contributed by atoms with Gasteiger partial charge in [0.1, 0.15) is 0 Å². The van der Waals surface area contributed by atoms with E-state index in [4.69, 9.17) is 20.8 Å². The van der Waals surface area contributed by atoms with E-state index in [0.717, 1.165) is 50.3 Å². The van der Waals surface area contributed by atoms with Crippen molar-refractivity contribution in [2.45, 2.75) is 43.9 Å². The molecule has 5 nitrogen and oxygen atoms in total. The fourth-order valence-corrected chi connectivity index (χ4v) is 4.29. The van der Waals surface area contributed by atoms with Crippen molar-refractivity contribution in [1.82, 2.24) is 10.2 Å². The number of halogens is 1. The van der Waals surface area contributed by atoms with E-state index in [1.165, 1.54) is 11.8 Å². The molecule has 2 aliphatic rings.